The number of ether oxygens (including phenoxy) is 2. The highest BCUT2D eigenvalue weighted by molar-refractivity contribution is 6.05. The Balaban J connectivity index is 3.19. The van der Waals surface area contributed by atoms with Gasteiger partial charge in [-0.15, -0.1) is 0 Å². The Labute approximate surface area is 101 Å². The van der Waals surface area contributed by atoms with E-state index in [0.717, 1.165) is 0 Å². The van der Waals surface area contributed by atoms with Crippen molar-refractivity contribution in [1.82, 2.24) is 0 Å². The Morgan fingerprint density at radius 2 is 1.76 bits per heavy atom. The maximum atomic E-state index is 11.7. The van der Waals surface area contributed by atoms with Gasteiger partial charge >= 0.3 is 11.9 Å². The van der Waals surface area contributed by atoms with Crippen LogP contribution < -0.4 is 0 Å². The summed E-state index contributed by atoms with van der Waals surface area (Å²) in [5.41, 5.74) is 1.70. The Kier molecular flexibility index (Phi) is 4.04. The van der Waals surface area contributed by atoms with Crippen molar-refractivity contribution in [3.05, 3.63) is 11.3 Å². The molecule has 0 saturated heterocycles. The Morgan fingerprint density at radius 1 is 1.18 bits per heavy atom. The van der Waals surface area contributed by atoms with Crippen molar-refractivity contribution in [2.75, 3.05) is 14.2 Å². The summed E-state index contributed by atoms with van der Waals surface area (Å²) in [5.74, 6) is -1.63. The first kappa shape index (κ1) is 13.4. The highest BCUT2D eigenvalue weighted by Crippen LogP contribution is 2.31. The maximum absolute atomic E-state index is 11.7. The quantitative estimate of drug-likeness (QED) is 0.682. The molecular weight excluding hydrogens is 222 g/mol. The minimum absolute atomic E-state index is 0.285. The van der Waals surface area contributed by atoms with Gasteiger partial charge in [-0.2, -0.15) is 0 Å². The summed E-state index contributed by atoms with van der Waals surface area (Å²) < 4.78 is 9.44. The molecule has 1 aliphatic rings. The molecule has 0 bridgehead atoms. The van der Waals surface area contributed by atoms with Crippen LogP contribution in [0.2, 0.25) is 0 Å². The van der Waals surface area contributed by atoms with Gasteiger partial charge in [0, 0.05) is 17.3 Å². The van der Waals surface area contributed by atoms with Crippen molar-refractivity contribution in [2.45, 2.75) is 20.8 Å². The molecule has 5 nitrogen and oxygen atoms in total. The van der Waals surface area contributed by atoms with Crippen LogP contribution in [-0.4, -0.2) is 31.9 Å². The Hall–Kier alpha value is -1.65. The van der Waals surface area contributed by atoms with Gasteiger partial charge in [0.2, 0.25) is 0 Å². The molecule has 1 aliphatic heterocycles. The van der Waals surface area contributed by atoms with E-state index in [4.69, 9.17) is 9.47 Å². The number of hydrogen-bond acceptors (Lipinski definition) is 5. The SMILES string of the molecule is COC(=O)C1=C(C)N=C(C)C(C(=O)OC)C1C. The maximum Gasteiger partial charge on any atom is 0.335 e. The number of nitrogens with zero attached hydrogens (tertiary/aromatic N) is 1. The Morgan fingerprint density at radius 3 is 2.24 bits per heavy atom. The molecule has 0 aromatic carbocycles. The second-order valence-corrected chi connectivity index (χ2v) is 4.03. The number of allylic oxidation sites excluding steroid dienone is 1. The first-order valence-corrected chi connectivity index (χ1v) is 5.36. The van der Waals surface area contributed by atoms with Crippen molar-refractivity contribution in [2.24, 2.45) is 16.8 Å². The van der Waals surface area contributed by atoms with Gasteiger partial charge in [-0.3, -0.25) is 9.79 Å². The summed E-state index contributed by atoms with van der Waals surface area (Å²) in [4.78, 5) is 27.6. The summed E-state index contributed by atoms with van der Waals surface area (Å²) in [6.45, 7) is 5.30. The van der Waals surface area contributed by atoms with Crippen LogP contribution in [0.5, 0.6) is 0 Å². The van der Waals surface area contributed by atoms with Crippen LogP contribution in [0, 0.1) is 11.8 Å². The molecule has 2 unspecified atom stereocenters. The van der Waals surface area contributed by atoms with E-state index in [9.17, 15) is 9.59 Å². The van der Waals surface area contributed by atoms with Gasteiger partial charge in [-0.25, -0.2) is 4.79 Å². The highest BCUT2D eigenvalue weighted by Gasteiger charge is 2.38. The largest absolute Gasteiger partial charge is 0.468 e. The minimum Gasteiger partial charge on any atom is -0.468 e. The predicted molar refractivity (Wildman–Crippen MR) is 62.5 cm³/mol. The van der Waals surface area contributed by atoms with E-state index in [-0.39, 0.29) is 11.9 Å². The predicted octanol–water partition coefficient (Wildman–Crippen LogP) is 1.33. The lowest BCUT2D eigenvalue weighted by Gasteiger charge is -2.27. The molecule has 94 valence electrons. The Bertz CT molecular complexity index is 409. The summed E-state index contributed by atoms with van der Waals surface area (Å²) in [7, 11) is 2.64. The van der Waals surface area contributed by atoms with Crippen LogP contribution in [0.4, 0.5) is 0 Å². The van der Waals surface area contributed by atoms with E-state index in [1.807, 2.05) is 0 Å². The van der Waals surface area contributed by atoms with Gasteiger partial charge in [0.15, 0.2) is 0 Å². The van der Waals surface area contributed by atoms with Gasteiger partial charge in [0.05, 0.1) is 19.8 Å². The van der Waals surface area contributed by atoms with Gasteiger partial charge in [-0.1, -0.05) is 6.92 Å². The van der Waals surface area contributed by atoms with Crippen LogP contribution in [0.15, 0.2) is 16.3 Å². The molecule has 0 radical (unpaired) electrons. The third kappa shape index (κ3) is 2.38. The number of methoxy groups -OCH3 is 2. The number of carbonyl (C=O) groups is 2. The van der Waals surface area contributed by atoms with E-state index >= 15 is 0 Å². The monoisotopic (exact) mass is 239 g/mol. The molecule has 0 aliphatic carbocycles. The van der Waals surface area contributed by atoms with Gasteiger partial charge in [0.25, 0.3) is 0 Å². The molecule has 17 heavy (non-hydrogen) atoms. The van der Waals surface area contributed by atoms with Crippen molar-refractivity contribution >= 4 is 17.7 Å². The van der Waals surface area contributed by atoms with Gasteiger partial charge in [0.1, 0.15) is 5.92 Å². The average Bonchev–Trinajstić information content (AvgIpc) is 2.27. The second kappa shape index (κ2) is 5.12. The van der Waals surface area contributed by atoms with E-state index in [2.05, 4.69) is 4.99 Å². The fourth-order valence-electron chi connectivity index (χ4n) is 2.20. The third-order valence-corrected chi connectivity index (χ3v) is 3.00. The van der Waals surface area contributed by atoms with Crippen LogP contribution in [0.3, 0.4) is 0 Å². The number of aliphatic imine (C=N–C) groups is 1. The number of carbonyl (C=O) groups excluding carboxylic acids is 2. The third-order valence-electron chi connectivity index (χ3n) is 3.00. The fourth-order valence-corrected chi connectivity index (χ4v) is 2.20. The zero-order valence-corrected chi connectivity index (χ0v) is 10.7. The summed E-state index contributed by atoms with van der Waals surface area (Å²) in [6.07, 6.45) is 0. The van der Waals surface area contributed by atoms with E-state index in [1.165, 1.54) is 14.2 Å². The first-order chi connectivity index (χ1) is 7.93. The zero-order chi connectivity index (χ0) is 13.2. The van der Waals surface area contributed by atoms with E-state index < -0.39 is 11.9 Å². The molecule has 0 spiro atoms. The van der Waals surface area contributed by atoms with Crippen molar-refractivity contribution in [3.8, 4) is 0 Å². The molecule has 0 saturated carbocycles. The van der Waals surface area contributed by atoms with Crippen molar-refractivity contribution < 1.29 is 19.1 Å². The molecule has 0 aromatic rings. The number of rotatable bonds is 2. The molecule has 1 heterocycles. The lowest BCUT2D eigenvalue weighted by Crippen LogP contribution is -2.35. The zero-order valence-electron chi connectivity index (χ0n) is 10.7. The molecule has 1 rings (SSSR count). The van der Waals surface area contributed by atoms with Crippen molar-refractivity contribution in [3.63, 3.8) is 0 Å². The molecule has 5 heteroatoms. The minimum atomic E-state index is -0.516. The molecule has 0 N–H and O–H groups in total. The van der Waals surface area contributed by atoms with Gasteiger partial charge < -0.3 is 9.47 Å². The standard InChI is InChI=1S/C12H17NO4/c1-6-9(11(14)16-4)7(2)13-8(3)10(6)12(15)17-5/h6,9H,1-5H3. The van der Waals surface area contributed by atoms with Crippen molar-refractivity contribution in [1.29, 1.82) is 0 Å². The summed E-state index contributed by atoms with van der Waals surface area (Å²) in [6, 6.07) is 0. The topological polar surface area (TPSA) is 65.0 Å². The summed E-state index contributed by atoms with van der Waals surface area (Å²) >= 11 is 0. The summed E-state index contributed by atoms with van der Waals surface area (Å²) in [5, 5.41) is 0. The van der Waals surface area contributed by atoms with Crippen LogP contribution in [0.25, 0.3) is 0 Å². The number of esters is 2. The van der Waals surface area contributed by atoms with E-state index in [1.54, 1.807) is 20.8 Å². The normalized spacial score (nSPS) is 24.2. The molecular formula is C12H17NO4. The lowest BCUT2D eigenvalue weighted by atomic mass is 9.81. The molecule has 0 aromatic heterocycles. The highest BCUT2D eigenvalue weighted by atomic mass is 16.5. The average molecular weight is 239 g/mol. The molecule has 0 amide bonds. The fraction of sp³-hybridized carbons (Fsp3) is 0.583. The molecule has 0 fully saturated rings. The van der Waals surface area contributed by atoms with Crippen LogP contribution in [0.1, 0.15) is 20.8 Å². The number of hydrogen-bond donors (Lipinski definition) is 0. The smallest absolute Gasteiger partial charge is 0.335 e. The van der Waals surface area contributed by atoms with Crippen LogP contribution >= 0.6 is 0 Å². The van der Waals surface area contributed by atoms with Crippen LogP contribution in [-0.2, 0) is 19.1 Å². The first-order valence-electron chi connectivity index (χ1n) is 5.36. The molecule has 2 atom stereocenters. The van der Waals surface area contributed by atoms with Gasteiger partial charge in [-0.05, 0) is 13.8 Å². The van der Waals surface area contributed by atoms with E-state index in [0.29, 0.717) is 17.0 Å². The lowest BCUT2D eigenvalue weighted by molar-refractivity contribution is -0.144. The second-order valence-electron chi connectivity index (χ2n) is 4.03.